The molecule has 1 atom stereocenters. The highest BCUT2D eigenvalue weighted by atomic mass is 16.6. The Balaban J connectivity index is 1.82. The van der Waals surface area contributed by atoms with Crippen molar-refractivity contribution in [2.24, 2.45) is 0 Å². The summed E-state index contributed by atoms with van der Waals surface area (Å²) in [4.78, 5) is 43.4. The third-order valence-corrected chi connectivity index (χ3v) is 5.34. The second-order valence-electron chi connectivity index (χ2n) is 10.9. The largest absolute Gasteiger partial charge is 0.459 e. The molecular formula is C26H42N4O5. The van der Waals surface area contributed by atoms with Gasteiger partial charge in [-0.2, -0.15) is 0 Å². The van der Waals surface area contributed by atoms with Crippen molar-refractivity contribution in [1.82, 2.24) is 15.6 Å². The summed E-state index contributed by atoms with van der Waals surface area (Å²) >= 11 is 0. The number of anilines is 1. The Morgan fingerprint density at radius 1 is 1.06 bits per heavy atom. The van der Waals surface area contributed by atoms with E-state index in [-0.39, 0.29) is 24.5 Å². The summed E-state index contributed by atoms with van der Waals surface area (Å²) < 4.78 is 10.9. The van der Waals surface area contributed by atoms with Gasteiger partial charge < -0.3 is 20.1 Å². The highest BCUT2D eigenvalue weighted by molar-refractivity contribution is 5.88. The second-order valence-corrected chi connectivity index (χ2v) is 10.9. The molecule has 0 aromatic carbocycles. The van der Waals surface area contributed by atoms with Gasteiger partial charge in [0.05, 0.1) is 0 Å². The zero-order valence-electron chi connectivity index (χ0n) is 22.3. The molecule has 1 aliphatic rings. The first-order chi connectivity index (χ1) is 16.3. The van der Waals surface area contributed by atoms with Crippen molar-refractivity contribution in [2.45, 2.75) is 97.3 Å². The van der Waals surface area contributed by atoms with Gasteiger partial charge in [0.1, 0.15) is 23.1 Å². The monoisotopic (exact) mass is 490 g/mol. The number of fused-ring (bicyclic) bond motifs is 1. The van der Waals surface area contributed by atoms with E-state index in [0.29, 0.717) is 31.6 Å². The van der Waals surface area contributed by atoms with Crippen molar-refractivity contribution in [2.75, 3.05) is 25.0 Å². The van der Waals surface area contributed by atoms with Crippen molar-refractivity contribution in [3.8, 4) is 0 Å². The van der Waals surface area contributed by atoms with E-state index in [2.05, 4.69) is 10.6 Å². The first-order valence-electron chi connectivity index (χ1n) is 12.5. The molecule has 2 heterocycles. The lowest BCUT2D eigenvalue weighted by Gasteiger charge is -2.31. The number of ether oxygens (including phenoxy) is 2. The summed E-state index contributed by atoms with van der Waals surface area (Å²) in [6.45, 7) is 11.8. The van der Waals surface area contributed by atoms with Crippen LogP contribution < -0.4 is 15.5 Å². The highest BCUT2D eigenvalue weighted by Gasteiger charge is 2.28. The van der Waals surface area contributed by atoms with Crippen LogP contribution in [-0.4, -0.2) is 60.3 Å². The molecule has 1 aromatic heterocycles. The van der Waals surface area contributed by atoms with Gasteiger partial charge in [0.15, 0.2) is 0 Å². The summed E-state index contributed by atoms with van der Waals surface area (Å²) in [7, 11) is 1.66. The maximum atomic E-state index is 12.7. The number of carbonyl (C=O) groups excluding carboxylic acids is 3. The van der Waals surface area contributed by atoms with Gasteiger partial charge in [-0.1, -0.05) is 6.07 Å². The van der Waals surface area contributed by atoms with Crippen LogP contribution in [0.25, 0.3) is 0 Å². The molecule has 0 radical (unpaired) electrons. The normalized spacial score (nSPS) is 14.7. The Morgan fingerprint density at radius 3 is 2.37 bits per heavy atom. The van der Waals surface area contributed by atoms with Gasteiger partial charge in [0, 0.05) is 25.2 Å². The maximum Gasteiger partial charge on any atom is 0.416 e. The number of esters is 1. The predicted molar refractivity (Wildman–Crippen MR) is 135 cm³/mol. The van der Waals surface area contributed by atoms with E-state index in [9.17, 15) is 14.4 Å². The molecule has 1 aliphatic heterocycles. The molecule has 0 spiro atoms. The van der Waals surface area contributed by atoms with Crippen LogP contribution in [0, 0.1) is 0 Å². The third kappa shape index (κ3) is 9.84. The number of hydrogen-bond donors (Lipinski definition) is 2. The number of carbonyl (C=O) groups is 3. The molecule has 2 N–H and O–H groups in total. The quantitative estimate of drug-likeness (QED) is 0.402. The second kappa shape index (κ2) is 12.3. The average molecular weight is 491 g/mol. The molecule has 2 rings (SSSR count). The van der Waals surface area contributed by atoms with Gasteiger partial charge in [-0.15, -0.1) is 0 Å². The van der Waals surface area contributed by atoms with Crippen molar-refractivity contribution in [1.29, 1.82) is 0 Å². The van der Waals surface area contributed by atoms with Gasteiger partial charge in [-0.3, -0.25) is 14.5 Å². The first kappa shape index (κ1) is 28.6. The van der Waals surface area contributed by atoms with Gasteiger partial charge in [0.25, 0.3) is 0 Å². The lowest BCUT2D eigenvalue weighted by atomic mass is 10.0. The minimum atomic E-state index is -0.592. The van der Waals surface area contributed by atoms with Crippen LogP contribution in [0.1, 0.15) is 78.5 Å². The zero-order valence-corrected chi connectivity index (χ0v) is 22.3. The molecule has 9 nitrogen and oxygen atoms in total. The molecule has 35 heavy (non-hydrogen) atoms. The van der Waals surface area contributed by atoms with E-state index < -0.39 is 17.2 Å². The van der Waals surface area contributed by atoms with E-state index in [0.717, 1.165) is 30.5 Å². The smallest absolute Gasteiger partial charge is 0.416 e. The van der Waals surface area contributed by atoms with Gasteiger partial charge >= 0.3 is 12.1 Å². The number of nitrogens with zero attached hydrogens (tertiary/aromatic N) is 2. The lowest BCUT2D eigenvalue weighted by molar-refractivity contribution is -0.157. The Labute approximate surface area is 209 Å². The van der Waals surface area contributed by atoms with E-state index in [1.54, 1.807) is 11.9 Å². The molecule has 0 bridgehead atoms. The number of pyridine rings is 1. The molecule has 0 fully saturated rings. The minimum absolute atomic E-state index is 0.108. The molecule has 0 aliphatic carbocycles. The summed E-state index contributed by atoms with van der Waals surface area (Å²) in [5, 5.41) is 5.68. The number of rotatable bonds is 9. The molecule has 196 valence electrons. The van der Waals surface area contributed by atoms with Gasteiger partial charge in [-0.25, -0.2) is 9.78 Å². The van der Waals surface area contributed by atoms with Crippen molar-refractivity contribution >= 4 is 23.8 Å². The highest BCUT2D eigenvalue weighted by Crippen LogP contribution is 2.27. The molecule has 1 unspecified atom stereocenters. The topological polar surface area (TPSA) is 110 Å². The Hall–Kier alpha value is -2.68. The number of nitrogens with one attached hydrogen (secondary N) is 2. The van der Waals surface area contributed by atoms with Crippen LogP contribution >= 0.6 is 0 Å². The van der Waals surface area contributed by atoms with E-state index in [1.165, 1.54) is 0 Å². The van der Waals surface area contributed by atoms with Crippen LogP contribution in [-0.2, 0) is 31.9 Å². The predicted octanol–water partition coefficient (Wildman–Crippen LogP) is 3.53. The van der Waals surface area contributed by atoms with Crippen LogP contribution in [0.4, 0.5) is 10.6 Å². The fourth-order valence-corrected chi connectivity index (χ4v) is 3.68. The molecule has 2 amide bonds. The molecule has 0 saturated carbocycles. The summed E-state index contributed by atoms with van der Waals surface area (Å²) in [6, 6.07) is 3.44. The lowest BCUT2D eigenvalue weighted by Crippen LogP contribution is -2.47. The Bertz CT molecular complexity index is 889. The van der Waals surface area contributed by atoms with Crippen LogP contribution in [0.3, 0.4) is 0 Å². The van der Waals surface area contributed by atoms with E-state index in [1.807, 2.05) is 53.7 Å². The zero-order chi connectivity index (χ0) is 26.2. The number of likely N-dealkylation sites (N-methyl/N-ethyl adjacent to an activating group) is 1. The third-order valence-electron chi connectivity index (χ3n) is 5.34. The van der Waals surface area contributed by atoms with Crippen LogP contribution in [0.2, 0.25) is 0 Å². The van der Waals surface area contributed by atoms with E-state index in [4.69, 9.17) is 14.5 Å². The van der Waals surface area contributed by atoms with Gasteiger partial charge in [-0.05, 0) is 92.3 Å². The van der Waals surface area contributed by atoms with Crippen molar-refractivity contribution in [3.63, 3.8) is 0 Å². The standard InChI is InChI=1S/C26H42N4O5/c1-25(2,3)34-23(32)20(27-7)17-28-21(31)13-9-8-12-19-15-14-18-11-10-16-30(22(18)29-19)24(33)35-26(4,5)6/h14-15,20,27H,8-13,16-17H2,1-7H3,(H,28,31). The number of amides is 2. The van der Waals surface area contributed by atoms with Crippen molar-refractivity contribution in [3.05, 3.63) is 23.4 Å². The minimum Gasteiger partial charge on any atom is -0.459 e. The summed E-state index contributed by atoms with van der Waals surface area (Å²) in [5.74, 6) is 0.184. The fraction of sp³-hybridized carbons (Fsp3) is 0.692. The number of unbranched alkanes of at least 4 members (excludes halogenated alkanes) is 1. The number of aryl methyl sites for hydroxylation is 2. The number of aromatic nitrogens is 1. The SMILES string of the molecule is CNC(CNC(=O)CCCCc1ccc2c(n1)N(C(=O)OC(C)(C)C)CCC2)C(=O)OC(C)(C)C. The molecule has 1 aromatic rings. The van der Waals surface area contributed by atoms with E-state index >= 15 is 0 Å². The average Bonchev–Trinajstić information content (AvgIpc) is 2.74. The van der Waals surface area contributed by atoms with Crippen LogP contribution in [0.15, 0.2) is 12.1 Å². The maximum absolute atomic E-state index is 12.7. The molecule has 9 heteroatoms. The number of hydrogen-bond acceptors (Lipinski definition) is 7. The van der Waals surface area contributed by atoms with Gasteiger partial charge in [0.2, 0.25) is 5.91 Å². The summed E-state index contributed by atoms with van der Waals surface area (Å²) in [5.41, 5.74) is 0.798. The molecule has 0 saturated heterocycles. The Morgan fingerprint density at radius 2 is 1.74 bits per heavy atom. The first-order valence-corrected chi connectivity index (χ1v) is 12.5. The Kier molecular flexibility index (Phi) is 10.1. The van der Waals surface area contributed by atoms with Crippen LogP contribution in [0.5, 0.6) is 0 Å². The molecular weight excluding hydrogens is 448 g/mol. The summed E-state index contributed by atoms with van der Waals surface area (Å²) in [6.07, 6.45) is 3.94. The van der Waals surface area contributed by atoms with Crippen molar-refractivity contribution < 1.29 is 23.9 Å². The fourth-order valence-electron chi connectivity index (χ4n) is 3.68.